The zero-order valence-corrected chi connectivity index (χ0v) is 11.5. The summed E-state index contributed by atoms with van der Waals surface area (Å²) in [5, 5.41) is 9.66. The maximum atomic E-state index is 9.66. The van der Waals surface area contributed by atoms with Crippen LogP contribution in [0.1, 0.15) is 31.1 Å². The number of nitrogens with zero attached hydrogens (tertiary/aromatic N) is 3. The number of anilines is 1. The summed E-state index contributed by atoms with van der Waals surface area (Å²) in [6.45, 7) is 2.36. The molecule has 0 bridgehead atoms. The maximum absolute atomic E-state index is 9.66. The van der Waals surface area contributed by atoms with E-state index in [1.165, 1.54) is 19.4 Å². The van der Waals surface area contributed by atoms with E-state index in [9.17, 15) is 5.11 Å². The summed E-state index contributed by atoms with van der Waals surface area (Å²) in [4.78, 5) is 7.14. The average molecular weight is 272 g/mol. The van der Waals surface area contributed by atoms with Crippen molar-refractivity contribution < 1.29 is 5.11 Å². The van der Waals surface area contributed by atoms with Crippen molar-refractivity contribution in [2.24, 2.45) is 0 Å². The van der Waals surface area contributed by atoms with Gasteiger partial charge in [0.05, 0.1) is 17.1 Å². The Morgan fingerprint density at radius 2 is 2.15 bits per heavy atom. The van der Waals surface area contributed by atoms with Crippen LogP contribution in [-0.2, 0) is 6.61 Å². The number of fused-ring (bicyclic) bond motifs is 2. The van der Waals surface area contributed by atoms with Crippen molar-refractivity contribution in [3.63, 3.8) is 0 Å². The van der Waals surface area contributed by atoms with Gasteiger partial charge in [-0.1, -0.05) is 0 Å². The lowest BCUT2D eigenvalue weighted by atomic mass is 10.1. The van der Waals surface area contributed by atoms with E-state index in [0.717, 1.165) is 35.5 Å². The fourth-order valence-electron chi connectivity index (χ4n) is 4.00. The Bertz CT molecular complexity index is 651. The van der Waals surface area contributed by atoms with E-state index in [-0.39, 0.29) is 6.61 Å². The van der Waals surface area contributed by atoms with Crippen LogP contribution in [0.2, 0.25) is 0 Å². The maximum Gasteiger partial charge on any atom is 0.136 e. The highest BCUT2D eigenvalue weighted by Gasteiger charge is 2.39. The third-order valence-corrected chi connectivity index (χ3v) is 4.83. The molecule has 0 saturated carbocycles. The Morgan fingerprint density at radius 1 is 1.25 bits per heavy atom. The van der Waals surface area contributed by atoms with Crippen molar-refractivity contribution in [2.45, 2.75) is 38.0 Å². The number of benzene rings is 1. The molecule has 106 valence electrons. The average Bonchev–Trinajstić information content (AvgIpc) is 3.10. The zero-order valence-electron chi connectivity index (χ0n) is 11.5. The number of nitrogen functional groups attached to an aromatic ring is 1. The predicted octanol–water partition coefficient (Wildman–Crippen LogP) is 1.52. The molecule has 1 aromatic heterocycles. The Morgan fingerprint density at radius 3 is 3.00 bits per heavy atom. The standard InChI is InChI=1S/C15H20N4O/c16-10-3-4-12-11(8-10)17-15(9-20)19(12)14-5-7-18-6-1-2-13(14)18/h3-4,8,13-14,20H,1-2,5-7,9,16H2. The molecule has 2 fully saturated rings. The predicted molar refractivity (Wildman–Crippen MR) is 78.3 cm³/mol. The fraction of sp³-hybridized carbons (Fsp3) is 0.533. The zero-order chi connectivity index (χ0) is 13.7. The molecule has 1 aromatic carbocycles. The molecule has 2 aliphatic heterocycles. The molecule has 2 aromatic rings. The summed E-state index contributed by atoms with van der Waals surface area (Å²) >= 11 is 0. The highest BCUT2D eigenvalue weighted by atomic mass is 16.3. The van der Waals surface area contributed by atoms with Crippen molar-refractivity contribution in [3.05, 3.63) is 24.0 Å². The van der Waals surface area contributed by atoms with Crippen LogP contribution in [0, 0.1) is 0 Å². The van der Waals surface area contributed by atoms with Gasteiger partial charge in [0.15, 0.2) is 0 Å². The lowest BCUT2D eigenvalue weighted by molar-refractivity contribution is 0.249. The molecule has 2 unspecified atom stereocenters. The van der Waals surface area contributed by atoms with Gasteiger partial charge in [-0.15, -0.1) is 0 Å². The van der Waals surface area contributed by atoms with Crippen molar-refractivity contribution >= 4 is 16.7 Å². The van der Waals surface area contributed by atoms with Crippen LogP contribution in [0.4, 0.5) is 5.69 Å². The smallest absolute Gasteiger partial charge is 0.136 e. The molecule has 5 nitrogen and oxygen atoms in total. The summed E-state index contributed by atoms with van der Waals surface area (Å²) in [5.41, 5.74) is 8.56. The number of hydrogen-bond acceptors (Lipinski definition) is 4. The van der Waals surface area contributed by atoms with Crippen LogP contribution in [0.25, 0.3) is 11.0 Å². The number of aliphatic hydroxyl groups excluding tert-OH is 1. The van der Waals surface area contributed by atoms with E-state index >= 15 is 0 Å². The first-order chi connectivity index (χ1) is 9.78. The second-order valence-corrected chi connectivity index (χ2v) is 5.91. The topological polar surface area (TPSA) is 67.3 Å². The lowest BCUT2D eigenvalue weighted by Gasteiger charge is -2.23. The van der Waals surface area contributed by atoms with Crippen molar-refractivity contribution in [1.82, 2.24) is 14.5 Å². The van der Waals surface area contributed by atoms with Gasteiger partial charge >= 0.3 is 0 Å². The van der Waals surface area contributed by atoms with Gasteiger partial charge in [0.25, 0.3) is 0 Å². The van der Waals surface area contributed by atoms with Gasteiger partial charge in [-0.05, 0) is 44.0 Å². The van der Waals surface area contributed by atoms with Crippen LogP contribution >= 0.6 is 0 Å². The second kappa shape index (κ2) is 4.46. The van der Waals surface area contributed by atoms with E-state index in [0.29, 0.717) is 12.1 Å². The molecule has 2 aliphatic rings. The first kappa shape index (κ1) is 12.2. The molecule has 0 aliphatic carbocycles. The molecular formula is C15H20N4O. The lowest BCUT2D eigenvalue weighted by Crippen LogP contribution is -2.28. The van der Waals surface area contributed by atoms with E-state index in [2.05, 4.69) is 14.5 Å². The quantitative estimate of drug-likeness (QED) is 0.813. The van der Waals surface area contributed by atoms with Gasteiger partial charge in [0.2, 0.25) is 0 Å². The second-order valence-electron chi connectivity index (χ2n) is 5.91. The summed E-state index contributed by atoms with van der Waals surface area (Å²) in [5.74, 6) is 0.768. The minimum Gasteiger partial charge on any atom is -0.399 e. The number of aliphatic hydroxyl groups is 1. The van der Waals surface area contributed by atoms with Crippen molar-refractivity contribution in [2.75, 3.05) is 18.8 Å². The number of nitrogens with two attached hydrogens (primary N) is 1. The monoisotopic (exact) mass is 272 g/mol. The summed E-state index contributed by atoms with van der Waals surface area (Å²) in [6.07, 6.45) is 3.69. The summed E-state index contributed by atoms with van der Waals surface area (Å²) in [6, 6.07) is 6.90. The van der Waals surface area contributed by atoms with Gasteiger partial charge in [-0.3, -0.25) is 4.90 Å². The molecule has 3 heterocycles. The SMILES string of the molecule is Nc1ccc2c(c1)nc(CO)n2C1CCN2CCCC12. The summed E-state index contributed by atoms with van der Waals surface area (Å²) in [7, 11) is 0. The van der Waals surface area contributed by atoms with Gasteiger partial charge in [-0.25, -0.2) is 4.98 Å². The highest BCUT2D eigenvalue weighted by molar-refractivity contribution is 5.79. The van der Waals surface area contributed by atoms with Gasteiger partial charge in [-0.2, -0.15) is 0 Å². The Balaban J connectivity index is 1.85. The molecule has 2 atom stereocenters. The number of hydrogen-bond donors (Lipinski definition) is 2. The normalized spacial score (nSPS) is 26.4. The molecule has 20 heavy (non-hydrogen) atoms. The first-order valence-electron chi connectivity index (χ1n) is 7.39. The minimum atomic E-state index is -0.0161. The van der Waals surface area contributed by atoms with Crippen LogP contribution < -0.4 is 5.73 Å². The van der Waals surface area contributed by atoms with Crippen molar-refractivity contribution in [3.8, 4) is 0 Å². The fourth-order valence-corrected chi connectivity index (χ4v) is 4.00. The van der Waals surface area contributed by atoms with E-state index in [1.54, 1.807) is 0 Å². The molecular weight excluding hydrogens is 252 g/mol. The molecule has 0 radical (unpaired) electrons. The van der Waals surface area contributed by atoms with Crippen LogP contribution in [0.5, 0.6) is 0 Å². The number of rotatable bonds is 2. The highest BCUT2D eigenvalue weighted by Crippen LogP contribution is 2.38. The van der Waals surface area contributed by atoms with Crippen molar-refractivity contribution in [1.29, 1.82) is 0 Å². The van der Waals surface area contributed by atoms with Crippen LogP contribution in [-0.4, -0.2) is 38.7 Å². The third kappa shape index (κ3) is 1.66. The number of aromatic nitrogens is 2. The number of imidazole rings is 1. The van der Waals surface area contributed by atoms with Gasteiger partial charge < -0.3 is 15.4 Å². The molecule has 4 rings (SSSR count). The largest absolute Gasteiger partial charge is 0.399 e. The van der Waals surface area contributed by atoms with Gasteiger partial charge in [0.1, 0.15) is 12.4 Å². The first-order valence-corrected chi connectivity index (χ1v) is 7.39. The summed E-state index contributed by atoms with van der Waals surface area (Å²) < 4.78 is 2.25. The molecule has 0 spiro atoms. The molecule has 0 amide bonds. The van der Waals surface area contributed by atoms with Crippen LogP contribution in [0.3, 0.4) is 0 Å². The Hall–Kier alpha value is -1.59. The third-order valence-electron chi connectivity index (χ3n) is 4.83. The van der Waals surface area contributed by atoms with Crippen LogP contribution in [0.15, 0.2) is 18.2 Å². The molecule has 5 heteroatoms. The molecule has 2 saturated heterocycles. The Labute approximate surface area is 118 Å². The Kier molecular flexibility index (Phi) is 2.72. The van der Waals surface area contributed by atoms with Gasteiger partial charge in [0, 0.05) is 18.3 Å². The van der Waals surface area contributed by atoms with E-state index < -0.39 is 0 Å². The molecule has 3 N–H and O–H groups in total. The minimum absolute atomic E-state index is 0.0161. The van der Waals surface area contributed by atoms with E-state index in [4.69, 9.17) is 5.73 Å². The van der Waals surface area contributed by atoms with E-state index in [1.807, 2.05) is 18.2 Å².